The first-order valence-corrected chi connectivity index (χ1v) is 5.57. The lowest BCUT2D eigenvalue weighted by Crippen LogP contribution is -2.30. The maximum Gasteiger partial charge on any atom is 0.141 e. The van der Waals surface area contributed by atoms with Crippen LogP contribution in [0, 0.1) is 5.92 Å². The summed E-state index contributed by atoms with van der Waals surface area (Å²) in [5, 5.41) is 3.32. The minimum atomic E-state index is 0.102. The smallest absolute Gasteiger partial charge is 0.141 e. The molecule has 1 aliphatic heterocycles. The summed E-state index contributed by atoms with van der Waals surface area (Å²) in [5.74, 6) is 0.475. The highest BCUT2D eigenvalue weighted by molar-refractivity contribution is 6.10. The third-order valence-corrected chi connectivity index (χ3v) is 3.27. The van der Waals surface area contributed by atoms with E-state index in [0.29, 0.717) is 18.2 Å². The van der Waals surface area contributed by atoms with Crippen molar-refractivity contribution in [3.63, 3.8) is 0 Å². The number of hydrogen-bond acceptors (Lipinski definition) is 3. The third kappa shape index (κ3) is 2.03. The van der Waals surface area contributed by atoms with Gasteiger partial charge in [0.2, 0.25) is 0 Å². The van der Waals surface area contributed by atoms with E-state index in [-0.39, 0.29) is 5.92 Å². The lowest BCUT2D eigenvalue weighted by Gasteiger charge is -2.20. The Labute approximate surface area is 85.0 Å². The van der Waals surface area contributed by atoms with Crippen LogP contribution in [0.25, 0.3) is 0 Å². The van der Waals surface area contributed by atoms with Crippen molar-refractivity contribution >= 4 is 11.5 Å². The summed E-state index contributed by atoms with van der Waals surface area (Å²) in [4.78, 5) is 16.1. The lowest BCUT2D eigenvalue weighted by atomic mass is 10.1. The molecule has 78 valence electrons. The minimum absolute atomic E-state index is 0.102. The van der Waals surface area contributed by atoms with E-state index >= 15 is 0 Å². The molecule has 0 spiro atoms. The largest absolute Gasteiger partial charge is 0.317 e. The fraction of sp³-hybridized carbons (Fsp3) is 0.818. The molecule has 1 saturated heterocycles. The molecule has 1 atom stereocenters. The summed E-state index contributed by atoms with van der Waals surface area (Å²) >= 11 is 0. The summed E-state index contributed by atoms with van der Waals surface area (Å²) in [7, 11) is 0. The predicted octanol–water partition coefficient (Wildman–Crippen LogP) is 1.18. The van der Waals surface area contributed by atoms with E-state index in [2.05, 4.69) is 5.32 Å². The van der Waals surface area contributed by atoms with Gasteiger partial charge < -0.3 is 5.32 Å². The quantitative estimate of drug-likeness (QED) is 0.681. The zero-order chi connectivity index (χ0) is 9.97. The standard InChI is InChI=1S/C11H18N2O/c1-8-10(2-3-11(8)14)13-9-4-6-12-7-5-9/h8-9,12H,2-7H2,1H3. The van der Waals surface area contributed by atoms with Crippen LogP contribution in [0.1, 0.15) is 32.6 Å². The van der Waals surface area contributed by atoms with Crippen LogP contribution in [0.4, 0.5) is 0 Å². The molecule has 0 bridgehead atoms. The number of carbonyl (C=O) groups is 1. The van der Waals surface area contributed by atoms with Gasteiger partial charge in [0.1, 0.15) is 5.78 Å². The van der Waals surface area contributed by atoms with Gasteiger partial charge in [-0.2, -0.15) is 0 Å². The van der Waals surface area contributed by atoms with Gasteiger partial charge in [-0.1, -0.05) is 6.92 Å². The monoisotopic (exact) mass is 194 g/mol. The summed E-state index contributed by atoms with van der Waals surface area (Å²) in [6.07, 6.45) is 3.88. The number of hydrogen-bond donors (Lipinski definition) is 1. The molecule has 0 amide bonds. The molecule has 3 nitrogen and oxygen atoms in total. The van der Waals surface area contributed by atoms with Gasteiger partial charge in [-0.15, -0.1) is 0 Å². The van der Waals surface area contributed by atoms with Gasteiger partial charge in [-0.05, 0) is 32.4 Å². The van der Waals surface area contributed by atoms with Crippen LogP contribution in [-0.4, -0.2) is 30.6 Å². The zero-order valence-corrected chi connectivity index (χ0v) is 8.75. The molecule has 0 radical (unpaired) electrons. The Morgan fingerprint density at radius 2 is 2.00 bits per heavy atom. The van der Waals surface area contributed by atoms with E-state index in [1.54, 1.807) is 0 Å². The van der Waals surface area contributed by atoms with E-state index in [1.807, 2.05) is 6.92 Å². The third-order valence-electron chi connectivity index (χ3n) is 3.27. The van der Waals surface area contributed by atoms with Crippen molar-refractivity contribution < 1.29 is 4.79 Å². The van der Waals surface area contributed by atoms with E-state index in [9.17, 15) is 4.79 Å². The number of Topliss-reactive ketones (excluding diaryl/α,β-unsaturated/α-hetero) is 1. The van der Waals surface area contributed by atoms with Crippen LogP contribution < -0.4 is 5.32 Å². The highest BCUT2D eigenvalue weighted by Gasteiger charge is 2.27. The Kier molecular flexibility index (Phi) is 2.96. The highest BCUT2D eigenvalue weighted by Crippen LogP contribution is 2.20. The van der Waals surface area contributed by atoms with Crippen LogP contribution in [0.5, 0.6) is 0 Å². The van der Waals surface area contributed by atoms with E-state index < -0.39 is 0 Å². The number of carbonyl (C=O) groups excluding carboxylic acids is 1. The molecule has 0 aromatic carbocycles. The molecular formula is C11H18N2O. The van der Waals surface area contributed by atoms with Crippen molar-refractivity contribution in [3.8, 4) is 0 Å². The van der Waals surface area contributed by atoms with Crippen molar-refractivity contribution in [1.29, 1.82) is 0 Å². The maximum atomic E-state index is 11.3. The fourth-order valence-electron chi connectivity index (χ4n) is 2.22. The Hall–Kier alpha value is -0.700. The van der Waals surface area contributed by atoms with Gasteiger partial charge in [-0.25, -0.2) is 0 Å². The first-order valence-electron chi connectivity index (χ1n) is 5.57. The van der Waals surface area contributed by atoms with Gasteiger partial charge >= 0.3 is 0 Å². The molecular weight excluding hydrogens is 176 g/mol. The maximum absolute atomic E-state index is 11.3. The van der Waals surface area contributed by atoms with Gasteiger partial charge in [0, 0.05) is 12.1 Å². The molecule has 2 rings (SSSR count). The molecule has 14 heavy (non-hydrogen) atoms. The Morgan fingerprint density at radius 1 is 1.29 bits per heavy atom. The highest BCUT2D eigenvalue weighted by atomic mass is 16.1. The SMILES string of the molecule is CC1C(=O)CCC1=NC1CCNCC1. The molecule has 3 heteroatoms. The fourth-order valence-corrected chi connectivity index (χ4v) is 2.22. The summed E-state index contributed by atoms with van der Waals surface area (Å²) < 4.78 is 0. The number of nitrogens with one attached hydrogen (secondary N) is 1. The van der Waals surface area contributed by atoms with Gasteiger partial charge in [0.25, 0.3) is 0 Å². The van der Waals surface area contributed by atoms with Crippen LogP contribution in [0.3, 0.4) is 0 Å². The van der Waals surface area contributed by atoms with Crippen molar-refractivity contribution in [2.45, 2.75) is 38.6 Å². The second kappa shape index (κ2) is 4.22. The Bertz CT molecular complexity index is 254. The van der Waals surface area contributed by atoms with E-state index in [4.69, 9.17) is 4.99 Å². The molecule has 1 N–H and O–H groups in total. The van der Waals surface area contributed by atoms with Crippen LogP contribution in [0.15, 0.2) is 4.99 Å². The first kappa shape index (κ1) is 9.84. The number of rotatable bonds is 1. The second-order valence-corrected chi connectivity index (χ2v) is 4.29. The molecule has 1 saturated carbocycles. The van der Waals surface area contributed by atoms with E-state index in [0.717, 1.165) is 38.1 Å². The van der Waals surface area contributed by atoms with Crippen LogP contribution in [-0.2, 0) is 4.79 Å². The average molecular weight is 194 g/mol. The molecule has 1 aliphatic carbocycles. The van der Waals surface area contributed by atoms with Crippen molar-refractivity contribution in [2.24, 2.45) is 10.9 Å². The molecule has 0 aromatic rings. The number of piperidine rings is 1. The Balaban J connectivity index is 1.99. The summed E-state index contributed by atoms with van der Waals surface area (Å²) in [6.45, 7) is 4.14. The normalized spacial score (nSPS) is 32.8. The molecule has 0 aromatic heterocycles. The Morgan fingerprint density at radius 3 is 2.57 bits per heavy atom. The second-order valence-electron chi connectivity index (χ2n) is 4.29. The van der Waals surface area contributed by atoms with Gasteiger partial charge in [0.15, 0.2) is 0 Å². The summed E-state index contributed by atoms with van der Waals surface area (Å²) in [5.41, 5.74) is 1.15. The van der Waals surface area contributed by atoms with Gasteiger partial charge in [0.05, 0.1) is 12.0 Å². The van der Waals surface area contributed by atoms with E-state index in [1.165, 1.54) is 0 Å². The van der Waals surface area contributed by atoms with Crippen molar-refractivity contribution in [1.82, 2.24) is 5.32 Å². The minimum Gasteiger partial charge on any atom is -0.317 e. The van der Waals surface area contributed by atoms with Crippen molar-refractivity contribution in [3.05, 3.63) is 0 Å². The molecule has 1 heterocycles. The molecule has 2 aliphatic rings. The predicted molar refractivity (Wildman–Crippen MR) is 56.7 cm³/mol. The van der Waals surface area contributed by atoms with Crippen LogP contribution in [0.2, 0.25) is 0 Å². The van der Waals surface area contributed by atoms with Crippen molar-refractivity contribution in [2.75, 3.05) is 13.1 Å². The van der Waals surface area contributed by atoms with Gasteiger partial charge in [-0.3, -0.25) is 9.79 Å². The summed E-state index contributed by atoms with van der Waals surface area (Å²) in [6, 6.07) is 0.472. The average Bonchev–Trinajstić information content (AvgIpc) is 2.52. The lowest BCUT2D eigenvalue weighted by molar-refractivity contribution is -0.119. The topological polar surface area (TPSA) is 41.5 Å². The number of ketones is 1. The number of aliphatic imine (C=N–C) groups is 1. The number of nitrogens with zero attached hydrogens (tertiary/aromatic N) is 1. The molecule has 2 fully saturated rings. The molecule has 1 unspecified atom stereocenters. The zero-order valence-electron chi connectivity index (χ0n) is 8.75. The van der Waals surface area contributed by atoms with Crippen LogP contribution >= 0.6 is 0 Å². The first-order chi connectivity index (χ1) is 6.77.